The molecular formula is C28H38N4O3S2. The molecule has 9 heteroatoms. The zero-order chi connectivity index (χ0) is 26.2. The van der Waals surface area contributed by atoms with Gasteiger partial charge in [-0.2, -0.15) is 0 Å². The number of amides is 1. The summed E-state index contributed by atoms with van der Waals surface area (Å²) in [6.45, 7) is 7.16. The van der Waals surface area contributed by atoms with Gasteiger partial charge in [0.25, 0.3) is 5.91 Å². The zero-order valence-corrected chi connectivity index (χ0v) is 23.5. The highest BCUT2D eigenvalue weighted by molar-refractivity contribution is 7.89. The van der Waals surface area contributed by atoms with E-state index in [2.05, 4.69) is 34.3 Å². The van der Waals surface area contributed by atoms with Gasteiger partial charge in [-0.25, -0.2) is 12.7 Å². The molecule has 1 unspecified atom stereocenters. The number of aromatic amines is 1. The summed E-state index contributed by atoms with van der Waals surface area (Å²) in [4.78, 5) is 19.7. The zero-order valence-electron chi connectivity index (χ0n) is 21.8. The molecule has 2 aliphatic heterocycles. The average Bonchev–Trinajstić information content (AvgIpc) is 3.64. The van der Waals surface area contributed by atoms with Crippen molar-refractivity contribution in [1.29, 1.82) is 0 Å². The predicted octanol–water partition coefficient (Wildman–Crippen LogP) is 5.29. The van der Waals surface area contributed by atoms with Crippen LogP contribution in [-0.4, -0.2) is 59.9 Å². The number of H-pyrrole nitrogens is 1. The summed E-state index contributed by atoms with van der Waals surface area (Å²) in [5.74, 6) is -0.0776. The molecule has 2 fully saturated rings. The second kappa shape index (κ2) is 10.9. The number of likely N-dealkylation sites (tertiary alicyclic amines) is 1. The highest BCUT2D eigenvalue weighted by atomic mass is 32.2. The summed E-state index contributed by atoms with van der Waals surface area (Å²) in [5, 5.41) is 3.20. The molecule has 3 N–H and O–H groups in total. The third-order valence-electron chi connectivity index (χ3n) is 8.21. The van der Waals surface area contributed by atoms with Gasteiger partial charge in [-0.15, -0.1) is 11.3 Å². The first-order chi connectivity index (χ1) is 17.8. The Hall–Kier alpha value is -2.20. The van der Waals surface area contributed by atoms with Crippen LogP contribution in [0.25, 0.3) is 22.0 Å². The van der Waals surface area contributed by atoms with Crippen molar-refractivity contribution >= 4 is 38.2 Å². The van der Waals surface area contributed by atoms with E-state index in [1.54, 1.807) is 22.6 Å². The Morgan fingerprint density at radius 2 is 1.89 bits per heavy atom. The highest BCUT2D eigenvalue weighted by Crippen LogP contribution is 2.38. The number of thiophene rings is 1. The maximum absolute atomic E-state index is 12.4. The molecule has 0 radical (unpaired) electrons. The Labute approximate surface area is 224 Å². The number of rotatable bonds is 9. The summed E-state index contributed by atoms with van der Waals surface area (Å²) >= 11 is 1.78. The van der Waals surface area contributed by atoms with Gasteiger partial charge in [0.2, 0.25) is 10.0 Å². The number of nitrogens with one attached hydrogen (secondary N) is 1. The van der Waals surface area contributed by atoms with Crippen molar-refractivity contribution in [2.75, 3.05) is 25.4 Å². The van der Waals surface area contributed by atoms with Crippen molar-refractivity contribution in [1.82, 2.24) is 14.2 Å². The minimum atomic E-state index is -3.17. The van der Waals surface area contributed by atoms with Crippen molar-refractivity contribution in [3.63, 3.8) is 0 Å². The van der Waals surface area contributed by atoms with E-state index in [0.717, 1.165) is 47.0 Å². The number of sulfonamides is 1. The molecule has 0 bridgehead atoms. The Kier molecular flexibility index (Phi) is 7.77. The lowest BCUT2D eigenvalue weighted by atomic mass is 9.88. The number of nitrogens with zero attached hydrogens (tertiary/aromatic N) is 2. The fraction of sp³-hybridized carbons (Fsp3) is 0.536. The van der Waals surface area contributed by atoms with Gasteiger partial charge in [-0.05, 0) is 91.8 Å². The molecule has 1 aromatic carbocycles. The first kappa shape index (κ1) is 26.4. The molecule has 0 saturated carbocycles. The molecule has 1 atom stereocenters. The van der Waals surface area contributed by atoms with E-state index in [-0.39, 0.29) is 11.7 Å². The van der Waals surface area contributed by atoms with E-state index in [9.17, 15) is 13.2 Å². The van der Waals surface area contributed by atoms with Gasteiger partial charge in [0.15, 0.2) is 0 Å². The molecule has 2 saturated heterocycles. The number of hydrogen-bond donors (Lipinski definition) is 2. The van der Waals surface area contributed by atoms with Gasteiger partial charge >= 0.3 is 0 Å². The number of benzene rings is 1. The maximum Gasteiger partial charge on any atom is 0.250 e. The van der Waals surface area contributed by atoms with Gasteiger partial charge in [0, 0.05) is 42.1 Å². The second-order valence-corrected chi connectivity index (χ2v) is 13.7. The fourth-order valence-electron chi connectivity index (χ4n) is 6.16. The van der Waals surface area contributed by atoms with E-state index in [0.29, 0.717) is 24.7 Å². The largest absolute Gasteiger partial charge is 0.366 e. The van der Waals surface area contributed by atoms with Crippen molar-refractivity contribution in [2.45, 2.75) is 70.9 Å². The molecule has 0 aliphatic carbocycles. The summed E-state index contributed by atoms with van der Waals surface area (Å²) in [7, 11) is -3.17. The van der Waals surface area contributed by atoms with Crippen LogP contribution in [0, 0.1) is 0 Å². The molecule has 2 aliphatic rings. The molecule has 7 nitrogen and oxygen atoms in total. The lowest BCUT2D eigenvalue weighted by molar-refractivity contribution is 0.100. The van der Waals surface area contributed by atoms with E-state index in [1.807, 2.05) is 12.3 Å². The van der Waals surface area contributed by atoms with Crippen LogP contribution in [-0.2, 0) is 16.6 Å². The van der Waals surface area contributed by atoms with Crippen molar-refractivity contribution in [3.8, 4) is 11.1 Å². The fourth-order valence-corrected chi connectivity index (χ4v) is 8.21. The SMILES string of the molecule is CCCC1CCCN1Cc1cc(-c2cc(C(N)=O)c3[nH]cc(C4CCN(S(=O)(=O)CC)CC4)c3c2)cs1. The molecule has 0 spiro atoms. The van der Waals surface area contributed by atoms with Crippen LogP contribution in [0.2, 0.25) is 0 Å². The molecular weight excluding hydrogens is 504 g/mol. The van der Waals surface area contributed by atoms with Gasteiger partial charge in [-0.1, -0.05) is 13.3 Å². The van der Waals surface area contributed by atoms with Gasteiger partial charge in [0.05, 0.1) is 16.8 Å². The molecule has 1 amide bonds. The molecule has 200 valence electrons. The summed E-state index contributed by atoms with van der Waals surface area (Å²) < 4.78 is 26.2. The monoisotopic (exact) mass is 542 g/mol. The van der Waals surface area contributed by atoms with Crippen molar-refractivity contribution in [2.24, 2.45) is 5.73 Å². The number of aromatic nitrogens is 1. The van der Waals surface area contributed by atoms with E-state index in [4.69, 9.17) is 5.73 Å². The van der Waals surface area contributed by atoms with E-state index in [1.165, 1.54) is 37.1 Å². The molecule has 2 aromatic heterocycles. The summed E-state index contributed by atoms with van der Waals surface area (Å²) in [5.41, 5.74) is 10.3. The molecule has 37 heavy (non-hydrogen) atoms. The number of carbonyl (C=O) groups excluding carboxylic acids is 1. The first-order valence-corrected chi connectivity index (χ1v) is 16.0. The third-order valence-corrected chi connectivity index (χ3v) is 11.0. The van der Waals surface area contributed by atoms with Crippen LogP contribution in [0.4, 0.5) is 0 Å². The lowest BCUT2D eigenvalue weighted by Gasteiger charge is -2.31. The topological polar surface area (TPSA) is 99.5 Å². The van der Waals surface area contributed by atoms with Crippen LogP contribution < -0.4 is 5.73 Å². The Bertz CT molecular complexity index is 1370. The average molecular weight is 543 g/mol. The normalized spacial score (nSPS) is 20.2. The Balaban J connectivity index is 1.42. The van der Waals surface area contributed by atoms with Crippen LogP contribution >= 0.6 is 11.3 Å². The minimum Gasteiger partial charge on any atom is -0.366 e. The van der Waals surface area contributed by atoms with Crippen LogP contribution in [0.3, 0.4) is 0 Å². The van der Waals surface area contributed by atoms with Crippen LogP contribution in [0.5, 0.6) is 0 Å². The summed E-state index contributed by atoms with van der Waals surface area (Å²) in [6, 6.07) is 7.03. The van der Waals surface area contributed by atoms with E-state index < -0.39 is 15.9 Å². The number of hydrogen-bond acceptors (Lipinski definition) is 5. The van der Waals surface area contributed by atoms with E-state index >= 15 is 0 Å². The van der Waals surface area contributed by atoms with Gasteiger partial charge < -0.3 is 10.7 Å². The van der Waals surface area contributed by atoms with Gasteiger partial charge in [-0.3, -0.25) is 9.69 Å². The number of nitrogens with two attached hydrogens (primary N) is 1. The number of fused-ring (bicyclic) bond motifs is 1. The quantitative estimate of drug-likeness (QED) is 0.384. The maximum atomic E-state index is 12.4. The number of piperidine rings is 1. The highest BCUT2D eigenvalue weighted by Gasteiger charge is 2.29. The standard InChI is InChI=1S/C28H38N4O3S2/c1-3-6-22-7-5-10-31(22)17-23-13-21(18-36-23)20-14-24-26(16-30-27(24)25(15-20)28(29)33)19-8-11-32(12-9-19)37(34,35)4-2/h13-16,18-19,22,30H,3-12,17H2,1-2H3,(H2,29,33). The number of carbonyl (C=O) groups is 1. The van der Waals surface area contributed by atoms with Crippen molar-refractivity contribution < 1.29 is 13.2 Å². The summed E-state index contributed by atoms with van der Waals surface area (Å²) in [6.07, 6.45) is 8.57. The van der Waals surface area contributed by atoms with Crippen LogP contribution in [0.15, 0.2) is 29.8 Å². The third kappa shape index (κ3) is 5.37. The number of primary amides is 1. The Morgan fingerprint density at radius 1 is 1.11 bits per heavy atom. The second-order valence-electron chi connectivity index (χ2n) is 10.5. The van der Waals surface area contributed by atoms with Crippen molar-refractivity contribution in [3.05, 3.63) is 45.8 Å². The van der Waals surface area contributed by atoms with Crippen LogP contribution in [0.1, 0.15) is 79.1 Å². The smallest absolute Gasteiger partial charge is 0.250 e. The minimum absolute atomic E-state index is 0.135. The van der Waals surface area contributed by atoms with Gasteiger partial charge in [0.1, 0.15) is 0 Å². The predicted molar refractivity (Wildman–Crippen MR) is 151 cm³/mol. The Morgan fingerprint density at radius 3 is 2.59 bits per heavy atom. The molecule has 4 heterocycles. The lowest BCUT2D eigenvalue weighted by Crippen LogP contribution is -2.38. The molecule has 5 rings (SSSR count). The first-order valence-electron chi connectivity index (χ1n) is 13.5. The molecule has 3 aromatic rings.